The van der Waals surface area contributed by atoms with Crippen LogP contribution >= 0.6 is 8.53 Å². The van der Waals surface area contributed by atoms with Crippen molar-refractivity contribution in [1.29, 1.82) is 0 Å². The van der Waals surface area contributed by atoms with E-state index in [2.05, 4.69) is 0 Å². The standard InChI is InChI=1S/C7H10NO4PS/c1-6-2-4-7(5-3-6)14(11,12)8-13(9)10/h2-5,8-10H,1H3. The number of benzene rings is 1. The van der Waals surface area contributed by atoms with Gasteiger partial charge in [-0.3, -0.25) is 0 Å². The van der Waals surface area contributed by atoms with Gasteiger partial charge in [0, 0.05) is 0 Å². The van der Waals surface area contributed by atoms with Crippen LogP contribution in [-0.2, 0) is 10.0 Å². The van der Waals surface area contributed by atoms with E-state index >= 15 is 0 Å². The molecule has 0 saturated carbocycles. The summed E-state index contributed by atoms with van der Waals surface area (Å²) in [6, 6.07) is 6.06. The highest BCUT2D eigenvalue weighted by molar-refractivity contribution is 7.94. The third kappa shape index (κ3) is 3.01. The van der Waals surface area contributed by atoms with Crippen molar-refractivity contribution < 1.29 is 18.2 Å². The highest BCUT2D eigenvalue weighted by atomic mass is 32.2. The van der Waals surface area contributed by atoms with E-state index in [1.54, 1.807) is 16.6 Å². The summed E-state index contributed by atoms with van der Waals surface area (Å²) in [4.78, 5) is 17.1. The molecular formula is C7H10NO4PS. The fourth-order valence-electron chi connectivity index (χ4n) is 0.878. The third-order valence-electron chi connectivity index (χ3n) is 1.53. The van der Waals surface area contributed by atoms with Gasteiger partial charge in [-0.15, -0.1) is 4.49 Å². The first kappa shape index (κ1) is 11.6. The molecule has 0 heterocycles. The van der Waals surface area contributed by atoms with Crippen LogP contribution < -0.4 is 4.49 Å². The minimum atomic E-state index is -3.80. The number of sulfonamides is 1. The molecule has 0 aliphatic carbocycles. The second-order valence-electron chi connectivity index (χ2n) is 2.70. The third-order valence-corrected chi connectivity index (χ3v) is 4.04. The van der Waals surface area contributed by atoms with Gasteiger partial charge in [0.05, 0.1) is 4.90 Å². The van der Waals surface area contributed by atoms with E-state index in [4.69, 9.17) is 9.79 Å². The van der Waals surface area contributed by atoms with E-state index in [-0.39, 0.29) is 4.90 Å². The monoisotopic (exact) mass is 235 g/mol. The van der Waals surface area contributed by atoms with E-state index in [0.717, 1.165) is 5.56 Å². The number of nitrogens with one attached hydrogen (secondary N) is 1. The van der Waals surface area contributed by atoms with Crippen molar-refractivity contribution in [2.45, 2.75) is 11.8 Å². The molecule has 1 rings (SSSR count). The fraction of sp³-hybridized carbons (Fsp3) is 0.143. The summed E-state index contributed by atoms with van der Waals surface area (Å²) in [5.41, 5.74) is 0.930. The predicted octanol–water partition coefficient (Wildman–Crippen LogP) is 0.485. The van der Waals surface area contributed by atoms with Crippen molar-refractivity contribution in [1.82, 2.24) is 4.49 Å². The molecule has 3 N–H and O–H groups in total. The molecule has 78 valence electrons. The Hall–Kier alpha value is -0.520. The summed E-state index contributed by atoms with van der Waals surface area (Å²) in [5.74, 6) is 0. The topological polar surface area (TPSA) is 86.6 Å². The Bertz CT molecular complexity index is 400. The summed E-state index contributed by atoms with van der Waals surface area (Å²) in [5, 5.41) is 0. The SMILES string of the molecule is Cc1ccc(S(=O)(=O)NP(O)O)cc1. The molecule has 0 unspecified atom stereocenters. The lowest BCUT2D eigenvalue weighted by atomic mass is 10.2. The van der Waals surface area contributed by atoms with Crippen molar-refractivity contribution in [2.75, 3.05) is 0 Å². The number of hydrogen-bond acceptors (Lipinski definition) is 4. The fourth-order valence-corrected chi connectivity index (χ4v) is 2.65. The van der Waals surface area contributed by atoms with E-state index in [1.807, 2.05) is 6.92 Å². The Morgan fingerprint density at radius 2 is 1.71 bits per heavy atom. The lowest BCUT2D eigenvalue weighted by Crippen LogP contribution is -2.18. The molecule has 1 aromatic carbocycles. The van der Waals surface area contributed by atoms with Crippen LogP contribution in [0.5, 0.6) is 0 Å². The van der Waals surface area contributed by atoms with Gasteiger partial charge in [0.25, 0.3) is 8.53 Å². The van der Waals surface area contributed by atoms with Gasteiger partial charge >= 0.3 is 0 Å². The summed E-state index contributed by atoms with van der Waals surface area (Å²) in [6.45, 7) is 1.83. The van der Waals surface area contributed by atoms with E-state index in [0.29, 0.717) is 0 Å². The molecule has 7 heteroatoms. The molecule has 0 amide bonds. The van der Waals surface area contributed by atoms with E-state index < -0.39 is 18.5 Å². The molecule has 0 saturated heterocycles. The second kappa shape index (κ2) is 4.33. The van der Waals surface area contributed by atoms with Crippen LogP contribution in [0, 0.1) is 6.92 Å². The molecule has 1 aromatic rings. The van der Waals surface area contributed by atoms with Crippen molar-refractivity contribution in [3.05, 3.63) is 29.8 Å². The van der Waals surface area contributed by atoms with Gasteiger partial charge in [0.15, 0.2) is 0 Å². The van der Waals surface area contributed by atoms with Gasteiger partial charge in [-0.25, -0.2) is 8.42 Å². The maximum Gasteiger partial charge on any atom is 0.264 e. The summed E-state index contributed by atoms with van der Waals surface area (Å²) in [7, 11) is -6.46. The Kier molecular flexibility index (Phi) is 3.58. The summed E-state index contributed by atoms with van der Waals surface area (Å²) >= 11 is 0. The van der Waals surface area contributed by atoms with Crippen LogP contribution in [0.2, 0.25) is 0 Å². The van der Waals surface area contributed by atoms with Gasteiger partial charge in [-0.1, -0.05) is 17.7 Å². The van der Waals surface area contributed by atoms with Crippen molar-refractivity contribution in [3.63, 3.8) is 0 Å². The second-order valence-corrected chi connectivity index (χ2v) is 5.48. The van der Waals surface area contributed by atoms with Gasteiger partial charge in [-0.05, 0) is 19.1 Å². The minimum absolute atomic E-state index is 0.0127. The molecule has 14 heavy (non-hydrogen) atoms. The largest absolute Gasteiger partial charge is 0.337 e. The lowest BCUT2D eigenvalue weighted by molar-refractivity contribution is 0.476. The molecular weight excluding hydrogens is 225 g/mol. The minimum Gasteiger partial charge on any atom is -0.337 e. The van der Waals surface area contributed by atoms with Crippen molar-refractivity contribution >= 4 is 18.5 Å². The maximum atomic E-state index is 11.3. The lowest BCUT2D eigenvalue weighted by Gasteiger charge is -2.06. The molecule has 0 aromatic heterocycles. The Labute approximate surface area is 83.4 Å². The number of aryl methyl sites for hydroxylation is 1. The highest BCUT2D eigenvalue weighted by Crippen LogP contribution is 2.21. The van der Waals surface area contributed by atoms with Gasteiger partial charge in [0.1, 0.15) is 0 Å². The molecule has 0 spiro atoms. The van der Waals surface area contributed by atoms with Crippen molar-refractivity contribution in [2.24, 2.45) is 0 Å². The van der Waals surface area contributed by atoms with Crippen molar-refractivity contribution in [3.8, 4) is 0 Å². The van der Waals surface area contributed by atoms with Gasteiger partial charge < -0.3 is 9.79 Å². The van der Waals surface area contributed by atoms with Crippen LogP contribution in [0.3, 0.4) is 0 Å². The normalized spacial score (nSPS) is 12.0. The number of rotatable bonds is 3. The molecule has 0 aliphatic rings. The average Bonchev–Trinajstić information content (AvgIpc) is 2.02. The zero-order valence-electron chi connectivity index (χ0n) is 7.38. The highest BCUT2D eigenvalue weighted by Gasteiger charge is 2.16. The summed E-state index contributed by atoms with van der Waals surface area (Å²) < 4.78 is 24.4. The van der Waals surface area contributed by atoms with E-state index in [9.17, 15) is 8.42 Å². The van der Waals surface area contributed by atoms with Crippen LogP contribution in [0.25, 0.3) is 0 Å². The van der Waals surface area contributed by atoms with Gasteiger partial charge in [-0.2, -0.15) is 0 Å². The molecule has 0 aliphatic heterocycles. The molecule has 0 fully saturated rings. The number of hydrogen-bond donors (Lipinski definition) is 3. The average molecular weight is 235 g/mol. The Balaban J connectivity index is 2.99. The Morgan fingerprint density at radius 3 is 2.14 bits per heavy atom. The van der Waals surface area contributed by atoms with Crippen LogP contribution in [0.1, 0.15) is 5.56 Å². The summed E-state index contributed by atoms with van der Waals surface area (Å²) in [6.07, 6.45) is 0. The zero-order chi connectivity index (χ0) is 10.8. The smallest absolute Gasteiger partial charge is 0.264 e. The first-order valence-electron chi connectivity index (χ1n) is 3.69. The first-order valence-corrected chi connectivity index (χ1v) is 6.42. The van der Waals surface area contributed by atoms with Gasteiger partial charge in [0.2, 0.25) is 10.0 Å². The Morgan fingerprint density at radius 1 is 1.21 bits per heavy atom. The zero-order valence-corrected chi connectivity index (χ0v) is 9.09. The van der Waals surface area contributed by atoms with E-state index in [1.165, 1.54) is 12.1 Å². The quantitative estimate of drug-likeness (QED) is 0.665. The molecule has 0 atom stereocenters. The molecule has 0 bridgehead atoms. The maximum absolute atomic E-state index is 11.3. The van der Waals surface area contributed by atoms with Crippen LogP contribution in [0.4, 0.5) is 0 Å². The predicted molar refractivity (Wildman–Crippen MR) is 52.9 cm³/mol. The van der Waals surface area contributed by atoms with Crippen LogP contribution in [0.15, 0.2) is 29.2 Å². The molecule has 0 radical (unpaired) electrons. The first-order chi connectivity index (χ1) is 6.42. The van der Waals surface area contributed by atoms with Crippen LogP contribution in [-0.4, -0.2) is 18.2 Å². The molecule has 5 nitrogen and oxygen atoms in total.